The van der Waals surface area contributed by atoms with Crippen molar-refractivity contribution in [3.05, 3.63) is 58.6 Å². The van der Waals surface area contributed by atoms with Crippen LogP contribution in [-0.2, 0) is 0 Å². The number of nitrogen functional groups attached to an aromatic ring is 1. The van der Waals surface area contributed by atoms with Crippen LogP contribution in [0.2, 0.25) is 0 Å². The fourth-order valence-electron chi connectivity index (χ4n) is 2.47. The number of methoxy groups -OCH3 is 2. The Balaban J connectivity index is 1.98. The standard InChI is InChI=1S/C18H18N6O4/c1-27-12-9-7-11(8-10-12)20-18-22-16(19)15(24(25)26)17(23-18)21-13-5-3-4-6-14(13)28-2/h3-10H,1-2H3,(H4,19,20,21,22,23). The van der Waals surface area contributed by atoms with Crippen molar-refractivity contribution in [3.8, 4) is 11.5 Å². The molecule has 0 radical (unpaired) electrons. The molecule has 0 aliphatic rings. The van der Waals surface area contributed by atoms with Crippen molar-refractivity contribution in [2.75, 3.05) is 30.6 Å². The molecule has 0 atom stereocenters. The monoisotopic (exact) mass is 382 g/mol. The number of para-hydroxylation sites is 2. The van der Waals surface area contributed by atoms with Crippen molar-refractivity contribution in [2.45, 2.75) is 0 Å². The zero-order valence-electron chi connectivity index (χ0n) is 15.2. The maximum atomic E-state index is 11.5. The van der Waals surface area contributed by atoms with Gasteiger partial charge in [0.1, 0.15) is 11.5 Å². The number of nitro groups is 1. The average molecular weight is 382 g/mol. The number of aromatic nitrogens is 2. The number of hydrogen-bond acceptors (Lipinski definition) is 9. The van der Waals surface area contributed by atoms with Gasteiger partial charge in [0, 0.05) is 5.69 Å². The maximum Gasteiger partial charge on any atom is 0.353 e. The molecule has 0 aliphatic carbocycles. The first kappa shape index (κ1) is 18.7. The van der Waals surface area contributed by atoms with Crippen LogP contribution in [-0.4, -0.2) is 29.1 Å². The van der Waals surface area contributed by atoms with Crippen LogP contribution in [0.5, 0.6) is 11.5 Å². The van der Waals surface area contributed by atoms with Crippen LogP contribution in [0.1, 0.15) is 0 Å². The van der Waals surface area contributed by atoms with Gasteiger partial charge in [-0.05, 0) is 36.4 Å². The molecule has 0 fully saturated rings. The lowest BCUT2D eigenvalue weighted by atomic mass is 10.3. The summed E-state index contributed by atoms with van der Waals surface area (Å²) >= 11 is 0. The molecule has 0 saturated heterocycles. The van der Waals surface area contributed by atoms with Gasteiger partial charge in [-0.3, -0.25) is 10.1 Å². The van der Waals surface area contributed by atoms with E-state index < -0.39 is 10.6 Å². The highest BCUT2D eigenvalue weighted by Crippen LogP contribution is 2.34. The third-order valence-electron chi connectivity index (χ3n) is 3.80. The van der Waals surface area contributed by atoms with Crippen molar-refractivity contribution in [1.82, 2.24) is 9.97 Å². The van der Waals surface area contributed by atoms with E-state index in [0.717, 1.165) is 0 Å². The normalized spacial score (nSPS) is 10.2. The fourth-order valence-corrected chi connectivity index (χ4v) is 2.47. The topological polar surface area (TPSA) is 137 Å². The van der Waals surface area contributed by atoms with Crippen LogP contribution >= 0.6 is 0 Å². The number of nitrogens with two attached hydrogens (primary N) is 1. The molecule has 0 bridgehead atoms. The summed E-state index contributed by atoms with van der Waals surface area (Å²) in [6, 6.07) is 14.0. The minimum Gasteiger partial charge on any atom is -0.497 e. The van der Waals surface area contributed by atoms with E-state index in [-0.39, 0.29) is 17.6 Å². The summed E-state index contributed by atoms with van der Waals surface area (Å²) in [4.78, 5) is 19.0. The van der Waals surface area contributed by atoms with E-state index in [2.05, 4.69) is 20.6 Å². The first-order valence-corrected chi connectivity index (χ1v) is 8.15. The lowest BCUT2D eigenvalue weighted by molar-refractivity contribution is -0.383. The second kappa shape index (κ2) is 8.08. The average Bonchev–Trinajstić information content (AvgIpc) is 2.68. The predicted octanol–water partition coefficient (Wildman–Crippen LogP) is 3.47. The van der Waals surface area contributed by atoms with Gasteiger partial charge in [0.25, 0.3) is 0 Å². The molecular weight excluding hydrogens is 364 g/mol. The summed E-state index contributed by atoms with van der Waals surface area (Å²) in [5.74, 6) is 0.962. The van der Waals surface area contributed by atoms with E-state index in [1.807, 2.05) is 0 Å². The summed E-state index contributed by atoms with van der Waals surface area (Å²) in [6.45, 7) is 0. The Morgan fingerprint density at radius 3 is 2.36 bits per heavy atom. The summed E-state index contributed by atoms with van der Waals surface area (Å²) in [7, 11) is 3.07. The highest BCUT2D eigenvalue weighted by molar-refractivity contribution is 5.77. The second-order valence-corrected chi connectivity index (χ2v) is 5.57. The first-order chi connectivity index (χ1) is 13.5. The molecule has 4 N–H and O–H groups in total. The lowest BCUT2D eigenvalue weighted by Crippen LogP contribution is -2.09. The number of nitrogens with one attached hydrogen (secondary N) is 2. The highest BCUT2D eigenvalue weighted by Gasteiger charge is 2.24. The van der Waals surface area contributed by atoms with Gasteiger partial charge in [-0.2, -0.15) is 9.97 Å². The zero-order valence-corrected chi connectivity index (χ0v) is 15.2. The Hall–Kier alpha value is -4.08. The quantitative estimate of drug-likeness (QED) is 0.414. The van der Waals surface area contributed by atoms with Crippen molar-refractivity contribution < 1.29 is 14.4 Å². The molecule has 3 rings (SSSR count). The maximum absolute atomic E-state index is 11.5. The van der Waals surface area contributed by atoms with Gasteiger partial charge in [-0.15, -0.1) is 0 Å². The molecule has 10 nitrogen and oxygen atoms in total. The molecule has 0 spiro atoms. The fraction of sp³-hybridized carbons (Fsp3) is 0.111. The number of ether oxygens (including phenoxy) is 2. The zero-order chi connectivity index (χ0) is 20.1. The third-order valence-corrected chi connectivity index (χ3v) is 3.80. The molecule has 144 valence electrons. The Bertz CT molecular complexity index is 994. The van der Waals surface area contributed by atoms with Crippen LogP contribution in [0, 0.1) is 10.1 Å². The number of nitrogens with zero attached hydrogens (tertiary/aromatic N) is 3. The van der Waals surface area contributed by atoms with E-state index in [0.29, 0.717) is 22.9 Å². The van der Waals surface area contributed by atoms with E-state index in [9.17, 15) is 10.1 Å². The molecule has 0 saturated carbocycles. The second-order valence-electron chi connectivity index (χ2n) is 5.57. The molecule has 1 aromatic heterocycles. The summed E-state index contributed by atoms with van der Waals surface area (Å²) in [5, 5.41) is 17.3. The Morgan fingerprint density at radius 2 is 1.71 bits per heavy atom. The molecule has 3 aromatic rings. The van der Waals surface area contributed by atoms with Crippen LogP contribution < -0.4 is 25.8 Å². The van der Waals surface area contributed by atoms with Crippen molar-refractivity contribution in [3.63, 3.8) is 0 Å². The lowest BCUT2D eigenvalue weighted by Gasteiger charge is -2.13. The van der Waals surface area contributed by atoms with Crippen LogP contribution in [0.3, 0.4) is 0 Å². The highest BCUT2D eigenvalue weighted by atomic mass is 16.6. The predicted molar refractivity (Wildman–Crippen MR) is 106 cm³/mol. The van der Waals surface area contributed by atoms with Gasteiger partial charge < -0.3 is 25.8 Å². The van der Waals surface area contributed by atoms with Crippen LogP contribution in [0.25, 0.3) is 0 Å². The minimum absolute atomic E-state index is 0.0574. The van der Waals surface area contributed by atoms with Crippen LogP contribution in [0.15, 0.2) is 48.5 Å². The number of hydrogen-bond donors (Lipinski definition) is 3. The van der Waals surface area contributed by atoms with E-state index in [1.165, 1.54) is 7.11 Å². The van der Waals surface area contributed by atoms with Gasteiger partial charge in [-0.1, -0.05) is 12.1 Å². The molecule has 2 aromatic carbocycles. The summed E-state index contributed by atoms with van der Waals surface area (Å²) in [6.07, 6.45) is 0. The van der Waals surface area contributed by atoms with Gasteiger partial charge in [-0.25, -0.2) is 0 Å². The van der Waals surface area contributed by atoms with E-state index in [4.69, 9.17) is 15.2 Å². The van der Waals surface area contributed by atoms with Gasteiger partial charge in [0.2, 0.25) is 17.6 Å². The molecule has 0 amide bonds. The van der Waals surface area contributed by atoms with Crippen LogP contribution in [0.4, 0.5) is 34.6 Å². The van der Waals surface area contributed by atoms with Crippen molar-refractivity contribution in [2.24, 2.45) is 0 Å². The number of anilines is 5. The largest absolute Gasteiger partial charge is 0.497 e. The molecule has 10 heteroatoms. The Morgan fingerprint density at radius 1 is 1.00 bits per heavy atom. The van der Waals surface area contributed by atoms with Gasteiger partial charge in [0.15, 0.2) is 0 Å². The molecule has 0 aliphatic heterocycles. The number of rotatable bonds is 7. The van der Waals surface area contributed by atoms with Crippen molar-refractivity contribution in [1.29, 1.82) is 0 Å². The Labute approximate surface area is 160 Å². The van der Waals surface area contributed by atoms with E-state index in [1.54, 1.807) is 55.6 Å². The summed E-state index contributed by atoms with van der Waals surface area (Å²) < 4.78 is 10.4. The molecule has 1 heterocycles. The van der Waals surface area contributed by atoms with Gasteiger partial charge >= 0.3 is 5.69 Å². The summed E-state index contributed by atoms with van der Waals surface area (Å²) in [5.41, 5.74) is 6.56. The molecular formula is C18H18N6O4. The van der Waals surface area contributed by atoms with Gasteiger partial charge in [0.05, 0.1) is 24.8 Å². The Kier molecular flexibility index (Phi) is 5.40. The van der Waals surface area contributed by atoms with Crippen molar-refractivity contribution >= 4 is 34.6 Å². The smallest absolute Gasteiger partial charge is 0.353 e. The molecule has 0 unspecified atom stereocenters. The van der Waals surface area contributed by atoms with E-state index >= 15 is 0 Å². The molecule has 28 heavy (non-hydrogen) atoms. The minimum atomic E-state index is -0.635. The SMILES string of the molecule is COc1ccc(Nc2nc(N)c([N+](=O)[O-])c(Nc3ccccc3OC)n2)cc1. The number of benzene rings is 2. The first-order valence-electron chi connectivity index (χ1n) is 8.15. The third kappa shape index (κ3) is 4.01.